The van der Waals surface area contributed by atoms with E-state index in [4.69, 9.17) is 0 Å². The summed E-state index contributed by atoms with van der Waals surface area (Å²) in [6.07, 6.45) is 3.95. The number of benzene rings is 1. The van der Waals surface area contributed by atoms with Crippen molar-refractivity contribution in [3.63, 3.8) is 0 Å². The van der Waals surface area contributed by atoms with E-state index in [2.05, 4.69) is 32.4 Å². The molecule has 9 nitrogen and oxygen atoms in total. The highest BCUT2D eigenvalue weighted by atomic mass is 16.3. The molecular weight excluding hydrogens is 432 g/mol. The van der Waals surface area contributed by atoms with E-state index in [-0.39, 0.29) is 35.2 Å². The van der Waals surface area contributed by atoms with Crippen molar-refractivity contribution in [2.75, 3.05) is 39.8 Å². The van der Waals surface area contributed by atoms with Gasteiger partial charge in [-0.2, -0.15) is 0 Å². The molecule has 1 saturated heterocycles. The summed E-state index contributed by atoms with van der Waals surface area (Å²) in [5.41, 5.74) is 1.21. The third-order valence-electron chi connectivity index (χ3n) is 7.33. The van der Waals surface area contributed by atoms with Crippen LogP contribution in [0.5, 0.6) is 11.5 Å². The number of nitrogens with one attached hydrogen (secondary N) is 1. The molecule has 1 amide bonds. The number of rotatable bonds is 6. The number of nitrogens with zero attached hydrogens (tertiary/aromatic N) is 5. The lowest BCUT2D eigenvalue weighted by molar-refractivity contribution is 0.0811. The molecule has 2 fully saturated rings. The second kappa shape index (κ2) is 10.3. The van der Waals surface area contributed by atoms with E-state index < -0.39 is 0 Å². The van der Waals surface area contributed by atoms with Gasteiger partial charge in [0.05, 0.1) is 5.56 Å². The van der Waals surface area contributed by atoms with Crippen LogP contribution in [0.25, 0.3) is 11.4 Å². The lowest BCUT2D eigenvalue weighted by Gasteiger charge is -2.41. The van der Waals surface area contributed by atoms with Crippen molar-refractivity contribution in [3.05, 3.63) is 23.5 Å². The molecule has 0 unspecified atom stereocenters. The first kappa shape index (κ1) is 24.5. The summed E-state index contributed by atoms with van der Waals surface area (Å²) < 4.78 is 1.92. The fourth-order valence-electron chi connectivity index (χ4n) is 5.32. The Morgan fingerprint density at radius 3 is 2.29 bits per heavy atom. The lowest BCUT2D eigenvalue weighted by atomic mass is 9.89. The molecule has 1 saturated carbocycles. The maximum absolute atomic E-state index is 12.9. The molecule has 186 valence electrons. The zero-order valence-electron chi connectivity index (χ0n) is 20.8. The molecule has 2 aliphatic rings. The van der Waals surface area contributed by atoms with Crippen LogP contribution in [0, 0.1) is 0 Å². The fourth-order valence-corrected chi connectivity index (χ4v) is 5.32. The second-order valence-corrected chi connectivity index (χ2v) is 9.96. The first-order chi connectivity index (χ1) is 16.3. The number of piperazine rings is 1. The Morgan fingerprint density at radius 1 is 1.03 bits per heavy atom. The van der Waals surface area contributed by atoms with E-state index in [0.29, 0.717) is 24.0 Å². The molecule has 1 aliphatic carbocycles. The summed E-state index contributed by atoms with van der Waals surface area (Å²) in [4.78, 5) is 17.8. The minimum atomic E-state index is -0.259. The number of phenols is 2. The number of carbonyl (C=O) groups is 1. The summed E-state index contributed by atoms with van der Waals surface area (Å²) in [7, 11) is 2.17. The molecule has 3 N–H and O–H groups in total. The molecule has 1 aliphatic heterocycles. The zero-order chi connectivity index (χ0) is 24.4. The summed E-state index contributed by atoms with van der Waals surface area (Å²) >= 11 is 0. The van der Waals surface area contributed by atoms with Crippen LogP contribution in [0.2, 0.25) is 0 Å². The topological polar surface area (TPSA) is 107 Å². The molecule has 34 heavy (non-hydrogen) atoms. The molecule has 0 atom stereocenters. The molecule has 4 rings (SSSR count). The van der Waals surface area contributed by atoms with Gasteiger partial charge >= 0.3 is 0 Å². The molecule has 9 heteroatoms. The number of phenolic OH excluding ortho intramolecular Hbond substituents is 2. The van der Waals surface area contributed by atoms with Gasteiger partial charge in [0.25, 0.3) is 5.91 Å². The van der Waals surface area contributed by atoms with Gasteiger partial charge in [-0.1, -0.05) is 13.8 Å². The van der Waals surface area contributed by atoms with E-state index in [0.717, 1.165) is 57.4 Å². The van der Waals surface area contributed by atoms with Crippen LogP contribution in [-0.2, 0) is 0 Å². The lowest BCUT2D eigenvalue weighted by Crippen LogP contribution is -2.50. The normalized spacial score (nSPS) is 22.3. The number of amides is 1. The van der Waals surface area contributed by atoms with Gasteiger partial charge in [-0.15, -0.1) is 10.2 Å². The summed E-state index contributed by atoms with van der Waals surface area (Å²) in [5.74, 6) is 0.549. The number of carbonyl (C=O) groups excluding carboxylic acids is 1. The van der Waals surface area contributed by atoms with Crippen LogP contribution < -0.4 is 5.32 Å². The fraction of sp³-hybridized carbons (Fsp3) is 0.640. The average Bonchev–Trinajstić information content (AvgIpc) is 3.25. The highest BCUT2D eigenvalue weighted by Crippen LogP contribution is 2.40. The molecule has 0 spiro atoms. The van der Waals surface area contributed by atoms with Crippen molar-refractivity contribution in [1.82, 2.24) is 29.9 Å². The van der Waals surface area contributed by atoms with E-state index >= 15 is 0 Å². The standard InChI is InChI=1S/C25H38N6O3/c1-5-26-25(34)24-28-27-23(20-14-19(16(2)3)21(32)15-22(20)33)31(24)18-8-6-17(7-9-18)30-12-10-29(4)11-13-30/h14-18,32-33H,5-13H2,1-4H3,(H,26,34). The van der Waals surface area contributed by atoms with E-state index in [1.807, 2.05) is 25.3 Å². The summed E-state index contributed by atoms with van der Waals surface area (Å²) in [6, 6.07) is 3.77. The molecule has 0 radical (unpaired) electrons. The predicted molar refractivity (Wildman–Crippen MR) is 131 cm³/mol. The maximum atomic E-state index is 12.9. The summed E-state index contributed by atoms with van der Waals surface area (Å²) in [5, 5.41) is 32.5. The summed E-state index contributed by atoms with van der Waals surface area (Å²) in [6.45, 7) is 10.8. The van der Waals surface area contributed by atoms with Gasteiger partial charge in [-0.25, -0.2) is 0 Å². The highest BCUT2D eigenvalue weighted by Gasteiger charge is 2.33. The smallest absolute Gasteiger partial charge is 0.289 e. The van der Waals surface area contributed by atoms with Gasteiger partial charge in [-0.3, -0.25) is 14.3 Å². The first-order valence-corrected chi connectivity index (χ1v) is 12.5. The molecule has 2 heterocycles. The van der Waals surface area contributed by atoms with Gasteiger partial charge in [0, 0.05) is 50.9 Å². The van der Waals surface area contributed by atoms with Crippen molar-refractivity contribution < 1.29 is 15.0 Å². The van der Waals surface area contributed by atoms with Crippen LogP contribution in [-0.4, -0.2) is 86.5 Å². The van der Waals surface area contributed by atoms with Crippen LogP contribution in [0.1, 0.15) is 74.6 Å². The zero-order valence-corrected chi connectivity index (χ0v) is 20.8. The maximum Gasteiger partial charge on any atom is 0.289 e. The van der Waals surface area contributed by atoms with E-state index in [1.165, 1.54) is 6.07 Å². The van der Waals surface area contributed by atoms with Gasteiger partial charge < -0.3 is 20.4 Å². The van der Waals surface area contributed by atoms with Gasteiger partial charge in [0.1, 0.15) is 11.5 Å². The largest absolute Gasteiger partial charge is 0.508 e. The molecule has 2 aromatic rings. The minimum absolute atomic E-state index is 0.0546. The van der Waals surface area contributed by atoms with Crippen LogP contribution in [0.3, 0.4) is 0 Å². The quantitative estimate of drug-likeness (QED) is 0.596. The Labute approximate surface area is 201 Å². The minimum Gasteiger partial charge on any atom is -0.508 e. The van der Waals surface area contributed by atoms with Crippen molar-refractivity contribution in [2.45, 2.75) is 64.5 Å². The van der Waals surface area contributed by atoms with E-state index in [1.54, 1.807) is 6.07 Å². The Kier molecular flexibility index (Phi) is 7.42. The predicted octanol–water partition coefficient (Wildman–Crippen LogP) is 2.96. The number of hydrogen-bond acceptors (Lipinski definition) is 7. The third-order valence-corrected chi connectivity index (χ3v) is 7.33. The Morgan fingerprint density at radius 2 is 1.68 bits per heavy atom. The SMILES string of the molecule is CCNC(=O)c1nnc(-c2cc(C(C)C)c(O)cc2O)n1C1CCC(N2CCN(C)CC2)CC1. The van der Waals surface area contributed by atoms with Crippen molar-refractivity contribution in [2.24, 2.45) is 0 Å². The van der Waals surface area contributed by atoms with Crippen LogP contribution >= 0.6 is 0 Å². The third kappa shape index (κ3) is 4.90. The number of likely N-dealkylation sites (N-methyl/N-ethyl adjacent to an activating group) is 1. The molecule has 0 bridgehead atoms. The number of aromatic hydroxyl groups is 2. The second-order valence-electron chi connectivity index (χ2n) is 9.96. The number of hydrogen-bond donors (Lipinski definition) is 3. The van der Waals surface area contributed by atoms with Crippen LogP contribution in [0.4, 0.5) is 0 Å². The van der Waals surface area contributed by atoms with Crippen LogP contribution in [0.15, 0.2) is 12.1 Å². The number of aromatic nitrogens is 3. The van der Waals surface area contributed by atoms with E-state index in [9.17, 15) is 15.0 Å². The van der Waals surface area contributed by atoms with Crippen molar-refractivity contribution >= 4 is 5.91 Å². The van der Waals surface area contributed by atoms with Gasteiger partial charge in [0.2, 0.25) is 5.82 Å². The van der Waals surface area contributed by atoms with Gasteiger partial charge in [-0.05, 0) is 57.2 Å². The first-order valence-electron chi connectivity index (χ1n) is 12.5. The van der Waals surface area contributed by atoms with Gasteiger partial charge in [0.15, 0.2) is 5.82 Å². The Bertz CT molecular complexity index is 1000. The average molecular weight is 471 g/mol. The molecule has 1 aromatic heterocycles. The Balaban J connectivity index is 1.65. The molecule has 1 aromatic carbocycles. The Hall–Kier alpha value is -2.65. The monoisotopic (exact) mass is 470 g/mol. The van der Waals surface area contributed by atoms with Crippen molar-refractivity contribution in [1.29, 1.82) is 0 Å². The van der Waals surface area contributed by atoms with Crippen molar-refractivity contribution in [3.8, 4) is 22.9 Å². The molecular formula is C25H38N6O3. The highest BCUT2D eigenvalue weighted by molar-refractivity contribution is 5.91.